The van der Waals surface area contributed by atoms with Gasteiger partial charge in [0.1, 0.15) is 5.58 Å². The van der Waals surface area contributed by atoms with Gasteiger partial charge in [0.15, 0.2) is 28.4 Å². The van der Waals surface area contributed by atoms with Crippen molar-refractivity contribution in [3.8, 4) is 23.0 Å². The predicted octanol–water partition coefficient (Wildman–Crippen LogP) is 5.05. The molecule has 0 fully saturated rings. The predicted molar refractivity (Wildman–Crippen MR) is 134 cm³/mol. The van der Waals surface area contributed by atoms with Gasteiger partial charge >= 0.3 is 0 Å². The minimum Gasteiger partial charge on any atom is -0.503 e. The second-order valence-electron chi connectivity index (χ2n) is 8.75. The number of carbonyl (C=O) groups excluding carboxylic acids is 1. The van der Waals surface area contributed by atoms with Crippen LogP contribution >= 0.6 is 15.9 Å². The molecule has 0 aliphatic carbocycles. The van der Waals surface area contributed by atoms with E-state index in [1.165, 1.54) is 7.11 Å². The van der Waals surface area contributed by atoms with Crippen molar-refractivity contribution in [2.24, 2.45) is 0 Å². The third kappa shape index (κ3) is 3.42. The minimum atomic E-state index is -0.773. The Balaban J connectivity index is 1.56. The largest absolute Gasteiger partial charge is 0.503 e. The Morgan fingerprint density at radius 2 is 1.89 bits per heavy atom. The van der Waals surface area contributed by atoms with E-state index in [2.05, 4.69) is 15.9 Å². The lowest BCUT2D eigenvalue weighted by molar-refractivity contribution is 0.0714. The van der Waals surface area contributed by atoms with Crippen LogP contribution in [0, 0.1) is 6.92 Å². The van der Waals surface area contributed by atoms with E-state index in [0.29, 0.717) is 32.5 Å². The standard InChI is InChI=1S/C27H20BrNO7/c1-13-3-5-18-16(7-13)24(30)22-23(15-9-17(28)25(31)21(10-15)33-2)29(27(32)26(22)36-18)11-14-4-6-19-20(8-14)35-12-34-19/h3-10,23,31H,11-12H2,1-2H3/t23-/m1/s1. The number of methoxy groups -OCH3 is 1. The summed E-state index contributed by atoms with van der Waals surface area (Å²) in [6, 6.07) is 13.3. The molecule has 182 valence electrons. The van der Waals surface area contributed by atoms with Crippen molar-refractivity contribution in [3.63, 3.8) is 0 Å². The van der Waals surface area contributed by atoms with Crippen LogP contribution in [0.2, 0.25) is 0 Å². The molecule has 0 saturated carbocycles. The number of rotatable bonds is 4. The summed E-state index contributed by atoms with van der Waals surface area (Å²) in [5, 5.41) is 10.8. The summed E-state index contributed by atoms with van der Waals surface area (Å²) in [6.45, 7) is 2.21. The van der Waals surface area contributed by atoms with E-state index in [9.17, 15) is 14.7 Å². The third-order valence-electron chi connectivity index (χ3n) is 6.50. The first-order valence-corrected chi connectivity index (χ1v) is 12.0. The van der Waals surface area contributed by atoms with Gasteiger partial charge in [-0.15, -0.1) is 0 Å². The lowest BCUT2D eigenvalue weighted by Gasteiger charge is -2.26. The summed E-state index contributed by atoms with van der Waals surface area (Å²) in [5.41, 5.74) is 2.61. The monoisotopic (exact) mass is 549 g/mol. The molecule has 0 bridgehead atoms. The molecule has 1 N–H and O–H groups in total. The molecule has 3 aromatic carbocycles. The fourth-order valence-electron chi connectivity index (χ4n) is 4.79. The van der Waals surface area contributed by atoms with Crippen LogP contribution in [0.4, 0.5) is 0 Å². The Bertz CT molecular complexity index is 1630. The first-order chi connectivity index (χ1) is 17.4. The van der Waals surface area contributed by atoms with Crippen LogP contribution in [0.15, 0.2) is 62.2 Å². The van der Waals surface area contributed by atoms with Gasteiger partial charge in [-0.2, -0.15) is 0 Å². The van der Waals surface area contributed by atoms with Crippen LogP contribution in [-0.4, -0.2) is 29.8 Å². The maximum atomic E-state index is 13.8. The van der Waals surface area contributed by atoms with E-state index >= 15 is 0 Å². The second-order valence-corrected chi connectivity index (χ2v) is 9.60. The van der Waals surface area contributed by atoms with Gasteiger partial charge in [-0.1, -0.05) is 17.7 Å². The molecule has 4 aromatic rings. The number of benzene rings is 3. The molecular weight excluding hydrogens is 530 g/mol. The molecule has 0 unspecified atom stereocenters. The second kappa shape index (κ2) is 8.30. The normalized spacial score (nSPS) is 16.0. The Kier molecular flexibility index (Phi) is 5.19. The van der Waals surface area contributed by atoms with Gasteiger partial charge in [0.25, 0.3) is 5.91 Å². The van der Waals surface area contributed by atoms with Crippen LogP contribution in [0.5, 0.6) is 23.0 Å². The maximum Gasteiger partial charge on any atom is 0.291 e. The third-order valence-corrected chi connectivity index (χ3v) is 7.10. The number of amides is 1. The molecule has 2 aliphatic heterocycles. The molecule has 8 nitrogen and oxygen atoms in total. The quantitative estimate of drug-likeness (QED) is 0.380. The number of ether oxygens (including phenoxy) is 3. The van der Waals surface area contributed by atoms with Crippen molar-refractivity contribution in [1.29, 1.82) is 0 Å². The Labute approximate surface area is 213 Å². The molecule has 3 heterocycles. The van der Waals surface area contributed by atoms with Gasteiger partial charge < -0.3 is 28.6 Å². The molecule has 2 aliphatic rings. The highest BCUT2D eigenvalue weighted by Crippen LogP contribution is 2.44. The Morgan fingerprint density at radius 1 is 1.08 bits per heavy atom. The first-order valence-electron chi connectivity index (χ1n) is 11.2. The highest BCUT2D eigenvalue weighted by Gasteiger charge is 2.43. The van der Waals surface area contributed by atoms with Gasteiger partial charge in [-0.3, -0.25) is 9.59 Å². The molecule has 9 heteroatoms. The van der Waals surface area contributed by atoms with Crippen LogP contribution in [-0.2, 0) is 6.54 Å². The van der Waals surface area contributed by atoms with Crippen molar-refractivity contribution in [2.45, 2.75) is 19.5 Å². The van der Waals surface area contributed by atoms with E-state index in [-0.39, 0.29) is 41.6 Å². The molecule has 6 rings (SSSR count). The number of aryl methyl sites for hydroxylation is 1. The number of hydrogen-bond donors (Lipinski definition) is 1. The van der Waals surface area contributed by atoms with Gasteiger partial charge in [-0.25, -0.2) is 0 Å². The molecule has 1 amide bonds. The highest BCUT2D eigenvalue weighted by atomic mass is 79.9. The number of phenolic OH excluding ortho intramolecular Hbond substituents is 1. The summed E-state index contributed by atoms with van der Waals surface area (Å²) >= 11 is 3.36. The van der Waals surface area contributed by atoms with Crippen LogP contribution in [0.25, 0.3) is 11.0 Å². The van der Waals surface area contributed by atoms with Gasteiger partial charge in [-0.05, 0) is 70.4 Å². The summed E-state index contributed by atoms with van der Waals surface area (Å²) in [6.07, 6.45) is 0. The zero-order valence-corrected chi connectivity index (χ0v) is 20.9. The van der Waals surface area contributed by atoms with Crippen LogP contribution in [0.3, 0.4) is 0 Å². The van der Waals surface area contributed by atoms with E-state index in [0.717, 1.165) is 11.1 Å². The molecular formula is C27H20BrNO7. The van der Waals surface area contributed by atoms with Crippen molar-refractivity contribution in [3.05, 3.63) is 91.2 Å². The zero-order valence-electron chi connectivity index (χ0n) is 19.3. The molecule has 1 atom stereocenters. The number of aromatic hydroxyl groups is 1. The van der Waals surface area contributed by atoms with Crippen LogP contribution < -0.4 is 19.6 Å². The van der Waals surface area contributed by atoms with E-state index in [1.54, 1.807) is 35.2 Å². The highest BCUT2D eigenvalue weighted by molar-refractivity contribution is 9.10. The number of halogens is 1. The summed E-state index contributed by atoms with van der Waals surface area (Å²) in [5.74, 6) is 0.967. The van der Waals surface area contributed by atoms with Gasteiger partial charge in [0.05, 0.1) is 28.6 Å². The molecule has 0 spiro atoms. The summed E-state index contributed by atoms with van der Waals surface area (Å²) < 4.78 is 22.7. The Hall–Kier alpha value is -3.98. The first kappa shape index (κ1) is 22.5. The number of nitrogens with zero attached hydrogens (tertiary/aromatic N) is 1. The Morgan fingerprint density at radius 3 is 2.69 bits per heavy atom. The summed E-state index contributed by atoms with van der Waals surface area (Å²) in [4.78, 5) is 29.1. The summed E-state index contributed by atoms with van der Waals surface area (Å²) in [7, 11) is 1.44. The number of hydrogen-bond acceptors (Lipinski definition) is 7. The molecule has 0 saturated heterocycles. The lowest BCUT2D eigenvalue weighted by atomic mass is 9.97. The maximum absolute atomic E-state index is 13.8. The smallest absolute Gasteiger partial charge is 0.291 e. The molecule has 36 heavy (non-hydrogen) atoms. The molecule has 0 radical (unpaired) electrons. The minimum absolute atomic E-state index is 0.00487. The van der Waals surface area contributed by atoms with Crippen molar-refractivity contribution in [2.75, 3.05) is 13.9 Å². The van der Waals surface area contributed by atoms with Crippen molar-refractivity contribution in [1.82, 2.24) is 4.90 Å². The van der Waals surface area contributed by atoms with E-state index < -0.39 is 11.9 Å². The number of fused-ring (bicyclic) bond motifs is 3. The van der Waals surface area contributed by atoms with Crippen molar-refractivity contribution < 1.29 is 28.5 Å². The number of carbonyl (C=O) groups is 1. The van der Waals surface area contributed by atoms with Crippen LogP contribution in [0.1, 0.15) is 38.9 Å². The van der Waals surface area contributed by atoms with Crippen molar-refractivity contribution >= 4 is 32.8 Å². The SMILES string of the molecule is COc1cc([C@@H]2c3c(oc4ccc(C)cc4c3=O)C(=O)N2Cc2ccc3c(c2)OCO3)cc(Br)c1O. The van der Waals surface area contributed by atoms with Gasteiger partial charge in [0, 0.05) is 6.54 Å². The molecule has 1 aromatic heterocycles. The average Bonchev–Trinajstić information content (AvgIpc) is 3.44. The fourth-order valence-corrected chi connectivity index (χ4v) is 5.25. The van der Waals surface area contributed by atoms with E-state index in [4.69, 9.17) is 18.6 Å². The number of phenols is 1. The van der Waals surface area contributed by atoms with Gasteiger partial charge in [0.2, 0.25) is 12.6 Å². The van der Waals surface area contributed by atoms with E-state index in [1.807, 2.05) is 25.1 Å². The lowest BCUT2D eigenvalue weighted by Crippen LogP contribution is -2.29. The average molecular weight is 550 g/mol. The fraction of sp³-hybridized carbons (Fsp3) is 0.185. The zero-order chi connectivity index (χ0) is 25.1. The topological polar surface area (TPSA) is 98.4 Å².